The molecule has 5 nitrogen and oxygen atoms in total. The van der Waals surface area contributed by atoms with Crippen molar-refractivity contribution >= 4 is 10.0 Å². The second-order valence-corrected chi connectivity index (χ2v) is 6.69. The van der Waals surface area contributed by atoms with E-state index in [9.17, 15) is 17.9 Å². The van der Waals surface area contributed by atoms with Gasteiger partial charge in [-0.05, 0) is 30.7 Å². The first-order valence-electron chi connectivity index (χ1n) is 5.97. The summed E-state index contributed by atoms with van der Waals surface area (Å²) in [5.74, 6) is -0.471. The van der Waals surface area contributed by atoms with Gasteiger partial charge in [-0.2, -0.15) is 4.31 Å². The molecule has 19 heavy (non-hydrogen) atoms. The zero-order valence-corrected chi connectivity index (χ0v) is 11.6. The van der Waals surface area contributed by atoms with E-state index in [1.807, 2.05) is 0 Å². The molecule has 106 valence electrons. The maximum atomic E-state index is 13.0. The predicted octanol–water partition coefficient (Wildman–Crippen LogP) is 0.0873. The van der Waals surface area contributed by atoms with E-state index in [1.54, 1.807) is 6.92 Å². The van der Waals surface area contributed by atoms with Crippen LogP contribution in [0.2, 0.25) is 0 Å². The number of nitrogens with one attached hydrogen (secondary N) is 1. The van der Waals surface area contributed by atoms with Crippen LogP contribution in [0.3, 0.4) is 0 Å². The van der Waals surface area contributed by atoms with Crippen LogP contribution < -0.4 is 5.32 Å². The van der Waals surface area contributed by atoms with E-state index in [0.717, 1.165) is 10.4 Å². The summed E-state index contributed by atoms with van der Waals surface area (Å²) in [4.78, 5) is 0.0653. The molecule has 0 saturated carbocycles. The fourth-order valence-electron chi connectivity index (χ4n) is 2.26. The normalized spacial score (nSPS) is 24.1. The minimum Gasteiger partial charge on any atom is -0.390 e. The van der Waals surface area contributed by atoms with E-state index < -0.39 is 28.0 Å². The van der Waals surface area contributed by atoms with E-state index in [1.165, 1.54) is 19.2 Å². The zero-order chi connectivity index (χ0) is 14.2. The van der Waals surface area contributed by atoms with Crippen molar-refractivity contribution in [2.45, 2.75) is 24.0 Å². The van der Waals surface area contributed by atoms with Crippen molar-refractivity contribution in [3.05, 3.63) is 29.6 Å². The lowest BCUT2D eigenvalue weighted by atomic mass is 10.2. The van der Waals surface area contributed by atoms with Crippen molar-refractivity contribution in [1.82, 2.24) is 9.62 Å². The molecule has 2 rings (SSSR count). The molecule has 1 aliphatic rings. The predicted molar refractivity (Wildman–Crippen MR) is 68.8 cm³/mol. The van der Waals surface area contributed by atoms with Gasteiger partial charge in [0.1, 0.15) is 5.82 Å². The average Bonchev–Trinajstić information content (AvgIpc) is 2.73. The number of rotatable bonds is 3. The maximum Gasteiger partial charge on any atom is 0.243 e. The Hall–Kier alpha value is -1.02. The lowest BCUT2D eigenvalue weighted by molar-refractivity contribution is 0.136. The Bertz CT molecular complexity index is 576. The number of aliphatic hydroxyl groups excluding tert-OH is 1. The molecule has 0 aromatic heterocycles. The smallest absolute Gasteiger partial charge is 0.243 e. The molecule has 0 bridgehead atoms. The van der Waals surface area contributed by atoms with E-state index in [4.69, 9.17) is 0 Å². The Kier molecular flexibility index (Phi) is 3.91. The first-order valence-corrected chi connectivity index (χ1v) is 7.41. The quantitative estimate of drug-likeness (QED) is 0.827. The molecule has 1 aliphatic heterocycles. The number of β-amino-alcohol motifs (C(OH)–C–C–N with tert-alkyl or cyclic N) is 1. The van der Waals surface area contributed by atoms with E-state index in [0.29, 0.717) is 18.7 Å². The summed E-state index contributed by atoms with van der Waals surface area (Å²) in [6.07, 6.45) is -0.736. The molecule has 7 heteroatoms. The van der Waals surface area contributed by atoms with Crippen LogP contribution in [0.15, 0.2) is 23.1 Å². The van der Waals surface area contributed by atoms with Gasteiger partial charge in [-0.15, -0.1) is 0 Å². The fraction of sp³-hybridized carbons (Fsp3) is 0.500. The lowest BCUT2D eigenvalue weighted by Gasteiger charge is -2.26. The Balaban J connectivity index is 2.36. The summed E-state index contributed by atoms with van der Waals surface area (Å²) in [7, 11) is -2.31. The van der Waals surface area contributed by atoms with Crippen molar-refractivity contribution in [3.8, 4) is 0 Å². The first-order chi connectivity index (χ1) is 8.84. The molecular weight excluding hydrogens is 271 g/mol. The molecule has 1 aromatic rings. The van der Waals surface area contributed by atoms with Crippen molar-refractivity contribution in [2.24, 2.45) is 0 Å². The minimum absolute atomic E-state index is 0.0653. The molecule has 0 aliphatic carbocycles. The van der Waals surface area contributed by atoms with E-state index in [-0.39, 0.29) is 4.90 Å². The number of halogens is 1. The van der Waals surface area contributed by atoms with Gasteiger partial charge in [-0.3, -0.25) is 0 Å². The molecule has 1 fully saturated rings. The second-order valence-electron chi connectivity index (χ2n) is 4.72. The minimum atomic E-state index is -3.74. The van der Waals surface area contributed by atoms with Crippen molar-refractivity contribution in [2.75, 3.05) is 20.1 Å². The number of aryl methyl sites for hydroxylation is 1. The van der Waals surface area contributed by atoms with Crippen LogP contribution in [0.4, 0.5) is 4.39 Å². The van der Waals surface area contributed by atoms with Crippen molar-refractivity contribution in [1.29, 1.82) is 0 Å². The summed E-state index contributed by atoms with van der Waals surface area (Å²) < 4.78 is 39.1. The number of nitrogens with zero attached hydrogens (tertiary/aromatic N) is 1. The van der Waals surface area contributed by atoms with Crippen LogP contribution in [0.1, 0.15) is 5.56 Å². The third-order valence-corrected chi connectivity index (χ3v) is 5.46. The van der Waals surface area contributed by atoms with Gasteiger partial charge in [0.25, 0.3) is 0 Å². The van der Waals surface area contributed by atoms with Gasteiger partial charge in [0.2, 0.25) is 10.0 Å². The lowest BCUT2D eigenvalue weighted by Crippen LogP contribution is -2.44. The molecule has 0 radical (unpaired) electrons. The summed E-state index contributed by atoms with van der Waals surface area (Å²) in [5, 5.41) is 12.7. The highest BCUT2D eigenvalue weighted by Gasteiger charge is 2.36. The topological polar surface area (TPSA) is 69.6 Å². The Labute approximate surface area is 112 Å². The molecule has 1 aromatic carbocycles. The number of hydrogen-bond acceptors (Lipinski definition) is 4. The van der Waals surface area contributed by atoms with Crippen LogP contribution in [0.25, 0.3) is 0 Å². The SMILES string of the molecule is Cc1cc(F)ccc1S(=O)(=O)N(C)[C@H]1CNC[C@@H]1O. The monoisotopic (exact) mass is 288 g/mol. The van der Waals surface area contributed by atoms with Crippen LogP contribution in [-0.2, 0) is 10.0 Å². The first kappa shape index (κ1) is 14.4. The largest absolute Gasteiger partial charge is 0.390 e. The van der Waals surface area contributed by atoms with Crippen LogP contribution in [0, 0.1) is 12.7 Å². The van der Waals surface area contributed by atoms with Crippen molar-refractivity contribution < 1.29 is 17.9 Å². The van der Waals surface area contributed by atoms with Gasteiger partial charge in [-0.25, -0.2) is 12.8 Å². The fourth-order valence-corrected chi connectivity index (χ4v) is 3.85. The number of likely N-dealkylation sites (N-methyl/N-ethyl adjacent to an activating group) is 1. The Morgan fingerprint density at radius 2 is 2.11 bits per heavy atom. The highest BCUT2D eigenvalue weighted by molar-refractivity contribution is 7.89. The van der Waals surface area contributed by atoms with Crippen LogP contribution >= 0.6 is 0 Å². The maximum absolute atomic E-state index is 13.0. The third-order valence-electron chi connectivity index (χ3n) is 3.41. The highest BCUT2D eigenvalue weighted by Crippen LogP contribution is 2.23. The summed E-state index contributed by atoms with van der Waals surface area (Å²) >= 11 is 0. The Morgan fingerprint density at radius 1 is 1.42 bits per heavy atom. The average molecular weight is 288 g/mol. The number of hydrogen-bond donors (Lipinski definition) is 2. The molecule has 2 atom stereocenters. The molecule has 1 heterocycles. The third kappa shape index (κ3) is 2.64. The zero-order valence-electron chi connectivity index (χ0n) is 10.8. The molecule has 1 saturated heterocycles. The van der Waals surface area contributed by atoms with E-state index >= 15 is 0 Å². The molecule has 0 amide bonds. The van der Waals surface area contributed by atoms with Gasteiger partial charge in [-0.1, -0.05) is 0 Å². The summed E-state index contributed by atoms with van der Waals surface area (Å²) in [6.45, 7) is 2.32. The second kappa shape index (κ2) is 5.16. The standard InChI is InChI=1S/C12H17FN2O3S/c1-8-5-9(13)3-4-12(8)19(17,18)15(2)10-6-14-7-11(10)16/h3-5,10-11,14,16H,6-7H2,1-2H3/t10-,11-/m0/s1. The molecule has 2 N–H and O–H groups in total. The van der Waals surface area contributed by atoms with Crippen molar-refractivity contribution in [3.63, 3.8) is 0 Å². The van der Waals surface area contributed by atoms with Gasteiger partial charge in [0.15, 0.2) is 0 Å². The van der Waals surface area contributed by atoms with Gasteiger partial charge < -0.3 is 10.4 Å². The molecular formula is C12H17FN2O3S. The molecule has 0 unspecified atom stereocenters. The number of aliphatic hydroxyl groups is 1. The van der Waals surface area contributed by atoms with Crippen LogP contribution in [-0.4, -0.2) is 50.1 Å². The van der Waals surface area contributed by atoms with Gasteiger partial charge in [0, 0.05) is 20.1 Å². The summed E-state index contributed by atoms with van der Waals surface area (Å²) in [6, 6.07) is 3.06. The highest BCUT2D eigenvalue weighted by atomic mass is 32.2. The molecule has 0 spiro atoms. The van der Waals surface area contributed by atoms with E-state index in [2.05, 4.69) is 5.32 Å². The number of sulfonamides is 1. The van der Waals surface area contributed by atoms with Gasteiger partial charge in [0.05, 0.1) is 17.0 Å². The number of benzene rings is 1. The van der Waals surface area contributed by atoms with Gasteiger partial charge >= 0.3 is 0 Å². The van der Waals surface area contributed by atoms with Crippen LogP contribution in [0.5, 0.6) is 0 Å². The summed E-state index contributed by atoms with van der Waals surface area (Å²) in [5.41, 5.74) is 0.354. The Morgan fingerprint density at radius 3 is 2.63 bits per heavy atom.